The Morgan fingerprint density at radius 3 is 2.24 bits per heavy atom. The number of aliphatic imine (C=N–C) groups is 1. The zero-order chi connectivity index (χ0) is 31.9. The molecule has 0 bridgehead atoms. The molecule has 0 aromatic heterocycles. The van der Waals surface area contributed by atoms with Crippen molar-refractivity contribution in [3.05, 3.63) is 90.0 Å². The van der Waals surface area contributed by atoms with Gasteiger partial charge in [-0.05, 0) is 81.0 Å². The molecule has 9 nitrogen and oxygen atoms in total. The first-order valence-corrected chi connectivity index (χ1v) is 15.7. The van der Waals surface area contributed by atoms with E-state index in [2.05, 4.69) is 5.43 Å². The van der Waals surface area contributed by atoms with Crippen molar-refractivity contribution in [2.75, 3.05) is 26.3 Å². The van der Waals surface area contributed by atoms with Crippen LogP contribution >= 0.6 is 0 Å². The Kier molecular flexibility index (Phi) is 10.2. The van der Waals surface area contributed by atoms with Gasteiger partial charge in [-0.3, -0.25) is 15.0 Å². The minimum atomic E-state index is -1.43. The van der Waals surface area contributed by atoms with E-state index in [1.807, 2.05) is 105 Å². The number of aliphatic hydroxyl groups excluding tert-OH is 1. The van der Waals surface area contributed by atoms with Gasteiger partial charge in [-0.15, -0.1) is 0 Å². The van der Waals surface area contributed by atoms with Crippen LogP contribution in [-0.2, 0) is 19.1 Å². The predicted molar refractivity (Wildman–Crippen MR) is 173 cm³/mol. The summed E-state index contributed by atoms with van der Waals surface area (Å²) in [6, 6.07) is 25.3. The summed E-state index contributed by atoms with van der Waals surface area (Å²) in [5, 5.41) is 11.0. The molecule has 0 unspecified atom stereocenters. The summed E-state index contributed by atoms with van der Waals surface area (Å²) in [6.07, 6.45) is 1.82. The molecule has 5 rings (SSSR count). The number of aliphatic hydroxyl groups is 1. The molecule has 9 heteroatoms. The number of rotatable bonds is 12. The molecule has 0 radical (unpaired) electrons. The zero-order valence-corrected chi connectivity index (χ0v) is 26.3. The highest BCUT2D eigenvalue weighted by Crippen LogP contribution is 2.44. The Hall–Kier alpha value is -4.21. The third-order valence-corrected chi connectivity index (χ3v) is 7.85. The Labute approximate surface area is 265 Å². The molecule has 2 aliphatic rings. The molecule has 238 valence electrons. The summed E-state index contributed by atoms with van der Waals surface area (Å²) >= 11 is 0. The average molecular weight is 614 g/mol. The van der Waals surface area contributed by atoms with Crippen molar-refractivity contribution in [3.63, 3.8) is 0 Å². The monoisotopic (exact) mass is 613 g/mol. The first-order valence-electron chi connectivity index (χ1n) is 15.7. The molecule has 1 saturated heterocycles. The lowest BCUT2D eigenvalue weighted by Crippen LogP contribution is -2.53. The average Bonchev–Trinajstić information content (AvgIpc) is 3.69. The van der Waals surface area contributed by atoms with E-state index < -0.39 is 23.2 Å². The molecule has 3 aromatic rings. The van der Waals surface area contributed by atoms with Crippen LogP contribution in [0.15, 0.2) is 83.9 Å². The third kappa shape index (κ3) is 8.09. The number of esters is 1. The quantitative estimate of drug-likeness (QED) is 0.202. The van der Waals surface area contributed by atoms with E-state index in [1.165, 1.54) is 0 Å². The van der Waals surface area contributed by atoms with Crippen molar-refractivity contribution >= 4 is 17.8 Å². The number of hydrogen-bond acceptors (Lipinski definition) is 8. The standard InChI is InChI=1S/C36H43N3O6/c1-35(2,3)45-31(41)20-21-36(34(42)38-39-22-7-8-23-39)32(28-14-12-27(13-15-28)26-10-5-4-6-11-26)44-33(37-36)29-16-18-30(19-17-29)43-25-9-24-40/h4-6,10-19,32,40H,7-9,20-25H2,1-3H3,(H,38,42)/t32-,36-/m0/s1. The summed E-state index contributed by atoms with van der Waals surface area (Å²) in [5.74, 6) is 0.253. The van der Waals surface area contributed by atoms with Crippen LogP contribution in [0.1, 0.15) is 70.1 Å². The van der Waals surface area contributed by atoms with Gasteiger partial charge in [0.25, 0.3) is 5.91 Å². The topological polar surface area (TPSA) is 110 Å². The van der Waals surface area contributed by atoms with E-state index in [1.54, 1.807) is 0 Å². The van der Waals surface area contributed by atoms with Crippen molar-refractivity contribution in [2.24, 2.45) is 4.99 Å². The van der Waals surface area contributed by atoms with Gasteiger partial charge in [0.15, 0.2) is 11.6 Å². The smallest absolute Gasteiger partial charge is 0.306 e. The molecule has 2 atom stereocenters. The number of carbonyl (C=O) groups is 2. The number of hydrazine groups is 1. The Bertz CT molecular complexity index is 1460. The fourth-order valence-corrected chi connectivity index (χ4v) is 5.61. The largest absolute Gasteiger partial charge is 0.494 e. The van der Waals surface area contributed by atoms with Crippen molar-refractivity contribution in [1.82, 2.24) is 10.4 Å². The van der Waals surface area contributed by atoms with E-state index in [9.17, 15) is 9.59 Å². The van der Waals surface area contributed by atoms with Crippen LogP contribution in [-0.4, -0.2) is 65.3 Å². The molecule has 0 saturated carbocycles. The number of ether oxygens (including phenoxy) is 3. The van der Waals surface area contributed by atoms with Gasteiger partial charge in [-0.25, -0.2) is 10.0 Å². The fraction of sp³-hybridized carbons (Fsp3) is 0.417. The van der Waals surface area contributed by atoms with Crippen LogP contribution in [0.25, 0.3) is 11.1 Å². The van der Waals surface area contributed by atoms with E-state index in [-0.39, 0.29) is 25.4 Å². The van der Waals surface area contributed by atoms with Gasteiger partial charge in [-0.2, -0.15) is 0 Å². The van der Waals surface area contributed by atoms with Crippen molar-refractivity contribution in [2.45, 2.75) is 70.1 Å². The molecular weight excluding hydrogens is 570 g/mol. The van der Waals surface area contributed by atoms with Crippen LogP contribution < -0.4 is 10.2 Å². The SMILES string of the molecule is CC(C)(C)OC(=O)CC[C@]1(C(=O)NN2CCCC2)N=C(c2ccc(OCCCO)cc2)O[C@H]1c1ccc(-c2ccccc2)cc1. The lowest BCUT2D eigenvalue weighted by Gasteiger charge is -2.32. The van der Waals surface area contributed by atoms with Gasteiger partial charge in [0.1, 0.15) is 11.4 Å². The summed E-state index contributed by atoms with van der Waals surface area (Å²) in [5.41, 5.74) is 4.59. The number of nitrogens with zero attached hydrogens (tertiary/aromatic N) is 2. The number of amides is 1. The van der Waals surface area contributed by atoms with Crippen LogP contribution in [0, 0.1) is 0 Å². The summed E-state index contributed by atoms with van der Waals surface area (Å²) in [4.78, 5) is 32.3. The van der Waals surface area contributed by atoms with Crippen LogP contribution in [0.3, 0.4) is 0 Å². The predicted octanol–water partition coefficient (Wildman–Crippen LogP) is 5.62. The molecule has 1 fully saturated rings. The van der Waals surface area contributed by atoms with Gasteiger partial charge in [-0.1, -0.05) is 54.6 Å². The summed E-state index contributed by atoms with van der Waals surface area (Å²) in [6.45, 7) is 7.43. The molecule has 1 amide bonds. The number of carbonyl (C=O) groups excluding carboxylic acids is 2. The molecule has 2 heterocycles. The van der Waals surface area contributed by atoms with Gasteiger partial charge in [0.05, 0.1) is 6.61 Å². The molecule has 0 spiro atoms. The maximum absolute atomic E-state index is 14.3. The Morgan fingerprint density at radius 1 is 0.956 bits per heavy atom. The molecule has 2 N–H and O–H groups in total. The molecular formula is C36H43N3O6. The van der Waals surface area contributed by atoms with Gasteiger partial charge in [0, 0.05) is 38.1 Å². The zero-order valence-electron chi connectivity index (χ0n) is 26.3. The van der Waals surface area contributed by atoms with E-state index in [0.29, 0.717) is 30.2 Å². The highest BCUT2D eigenvalue weighted by molar-refractivity contribution is 6.01. The Morgan fingerprint density at radius 2 is 1.60 bits per heavy atom. The maximum atomic E-state index is 14.3. The van der Waals surface area contributed by atoms with Crippen LogP contribution in [0.5, 0.6) is 5.75 Å². The lowest BCUT2D eigenvalue weighted by molar-refractivity contribution is -0.155. The van der Waals surface area contributed by atoms with E-state index in [0.717, 1.165) is 42.6 Å². The first-order chi connectivity index (χ1) is 21.7. The third-order valence-electron chi connectivity index (χ3n) is 7.85. The van der Waals surface area contributed by atoms with Gasteiger partial charge < -0.3 is 19.3 Å². The number of hydrogen-bond donors (Lipinski definition) is 2. The van der Waals surface area contributed by atoms with Crippen molar-refractivity contribution in [1.29, 1.82) is 0 Å². The highest BCUT2D eigenvalue weighted by atomic mass is 16.6. The normalized spacial score (nSPS) is 19.9. The maximum Gasteiger partial charge on any atom is 0.306 e. The minimum Gasteiger partial charge on any atom is -0.494 e. The molecule has 3 aromatic carbocycles. The summed E-state index contributed by atoms with van der Waals surface area (Å²) < 4.78 is 17.9. The summed E-state index contributed by atoms with van der Waals surface area (Å²) in [7, 11) is 0. The van der Waals surface area contributed by atoms with E-state index >= 15 is 0 Å². The molecule has 2 aliphatic heterocycles. The van der Waals surface area contributed by atoms with Crippen LogP contribution in [0.2, 0.25) is 0 Å². The van der Waals surface area contributed by atoms with E-state index in [4.69, 9.17) is 24.3 Å². The second-order valence-electron chi connectivity index (χ2n) is 12.5. The highest BCUT2D eigenvalue weighted by Gasteiger charge is 2.54. The Balaban J connectivity index is 1.51. The molecule has 45 heavy (non-hydrogen) atoms. The molecule has 0 aliphatic carbocycles. The number of benzene rings is 3. The number of nitrogens with one attached hydrogen (secondary N) is 1. The van der Waals surface area contributed by atoms with Crippen LogP contribution in [0.4, 0.5) is 0 Å². The van der Waals surface area contributed by atoms with Gasteiger partial charge >= 0.3 is 5.97 Å². The minimum absolute atomic E-state index is 0.0128. The lowest BCUT2D eigenvalue weighted by atomic mass is 9.83. The second-order valence-corrected chi connectivity index (χ2v) is 12.5. The first kappa shape index (κ1) is 32.2. The van der Waals surface area contributed by atoms with Crippen molar-refractivity contribution in [3.8, 4) is 16.9 Å². The fourth-order valence-electron chi connectivity index (χ4n) is 5.61. The second kappa shape index (κ2) is 14.3. The van der Waals surface area contributed by atoms with Gasteiger partial charge in [0.2, 0.25) is 5.90 Å². The van der Waals surface area contributed by atoms with Crippen molar-refractivity contribution < 1.29 is 28.9 Å².